The molecule has 0 aliphatic rings. The molecule has 0 heterocycles. The number of unbranched alkanes of at least 4 members (excludes halogenated alkanes) is 12. The number of ether oxygens (including phenoxy) is 2. The molecule has 1 N–H and O–H groups in total. The summed E-state index contributed by atoms with van der Waals surface area (Å²) >= 11 is 0. The van der Waals surface area contributed by atoms with Gasteiger partial charge in [-0.25, -0.2) is 0 Å². The first-order valence-electron chi connectivity index (χ1n) is 14.8. The Kier molecular flexibility index (Phi) is 23.7. The summed E-state index contributed by atoms with van der Waals surface area (Å²) in [4.78, 5) is 10.5. The second-order valence-corrected chi connectivity index (χ2v) is 11.0. The Morgan fingerprint density at radius 3 is 1.85 bits per heavy atom. The predicted octanol–water partition coefficient (Wildman–Crippen LogP) is 9.34. The summed E-state index contributed by atoms with van der Waals surface area (Å²) in [7, 11) is 0. The zero-order valence-electron chi connectivity index (χ0n) is 23.5. The van der Waals surface area contributed by atoms with Crippen molar-refractivity contribution in [2.24, 2.45) is 5.92 Å². The molecule has 0 saturated carbocycles. The fraction of sp³-hybridized carbons (Fsp3) is 0.967. The van der Waals surface area contributed by atoms with Crippen molar-refractivity contribution < 1.29 is 19.4 Å². The third kappa shape index (κ3) is 24.5. The molecule has 204 valence electrons. The van der Waals surface area contributed by atoms with Crippen LogP contribution in [-0.2, 0) is 14.3 Å². The van der Waals surface area contributed by atoms with Crippen LogP contribution in [0, 0.1) is 5.92 Å². The maximum atomic E-state index is 10.5. The lowest BCUT2D eigenvalue weighted by Gasteiger charge is -2.25. The van der Waals surface area contributed by atoms with Crippen LogP contribution in [0.2, 0.25) is 0 Å². The van der Waals surface area contributed by atoms with Gasteiger partial charge in [0, 0.05) is 19.6 Å². The largest absolute Gasteiger partial charge is 0.481 e. The summed E-state index contributed by atoms with van der Waals surface area (Å²) in [5.74, 6) is 0.181. The minimum Gasteiger partial charge on any atom is -0.481 e. The van der Waals surface area contributed by atoms with Crippen LogP contribution in [0.25, 0.3) is 0 Å². The monoisotopic (exact) mass is 484 g/mol. The summed E-state index contributed by atoms with van der Waals surface area (Å²) in [5, 5.41) is 8.68. The summed E-state index contributed by atoms with van der Waals surface area (Å²) in [6.45, 7) is 11.2. The van der Waals surface area contributed by atoms with Crippen molar-refractivity contribution in [2.45, 2.75) is 162 Å². The molecule has 1 unspecified atom stereocenters. The molecule has 1 atom stereocenters. The first-order valence-corrected chi connectivity index (χ1v) is 14.8. The number of rotatable bonds is 27. The summed E-state index contributed by atoms with van der Waals surface area (Å²) in [6, 6.07) is 0. The molecule has 4 heteroatoms. The van der Waals surface area contributed by atoms with E-state index in [1.54, 1.807) is 0 Å². The Balaban J connectivity index is 3.78. The maximum Gasteiger partial charge on any atom is 0.303 e. The fourth-order valence-electron chi connectivity index (χ4n) is 4.58. The lowest BCUT2D eigenvalue weighted by molar-refractivity contribution is -0.137. The molecular formula is C30H60O4. The Morgan fingerprint density at radius 1 is 0.676 bits per heavy atom. The molecule has 0 aromatic carbocycles. The highest BCUT2D eigenvalue weighted by atomic mass is 16.5. The first kappa shape index (κ1) is 33.4. The van der Waals surface area contributed by atoms with Crippen molar-refractivity contribution in [1.82, 2.24) is 0 Å². The molecule has 0 aromatic heterocycles. The van der Waals surface area contributed by atoms with Gasteiger partial charge in [0.05, 0.1) is 12.2 Å². The van der Waals surface area contributed by atoms with Crippen LogP contribution in [0.1, 0.15) is 156 Å². The van der Waals surface area contributed by atoms with E-state index in [4.69, 9.17) is 14.6 Å². The highest BCUT2D eigenvalue weighted by Crippen LogP contribution is 2.23. The number of carboxylic acid groups (broad SMARTS) is 1. The van der Waals surface area contributed by atoms with Crippen molar-refractivity contribution in [2.75, 3.05) is 19.8 Å². The van der Waals surface area contributed by atoms with Crippen molar-refractivity contribution in [3.8, 4) is 0 Å². The van der Waals surface area contributed by atoms with Gasteiger partial charge in [0.1, 0.15) is 0 Å². The smallest absolute Gasteiger partial charge is 0.303 e. The van der Waals surface area contributed by atoms with Gasteiger partial charge in [-0.1, -0.05) is 110 Å². The summed E-state index contributed by atoms with van der Waals surface area (Å²) in [5.41, 5.74) is -0.182. The van der Waals surface area contributed by atoms with E-state index in [-0.39, 0.29) is 5.60 Å². The molecule has 0 aliphatic carbocycles. The van der Waals surface area contributed by atoms with Crippen LogP contribution in [0.3, 0.4) is 0 Å². The third-order valence-corrected chi connectivity index (χ3v) is 6.81. The van der Waals surface area contributed by atoms with Gasteiger partial charge in [-0.2, -0.15) is 0 Å². The molecule has 0 aliphatic heterocycles. The van der Waals surface area contributed by atoms with E-state index in [9.17, 15) is 4.79 Å². The predicted molar refractivity (Wildman–Crippen MR) is 146 cm³/mol. The van der Waals surface area contributed by atoms with E-state index >= 15 is 0 Å². The van der Waals surface area contributed by atoms with Gasteiger partial charge in [0.2, 0.25) is 0 Å². The SMILES string of the molecule is CCCCCCCCOC(C)(C)COCCCC(CCCC)CCCCCCCCCC(=O)O. The molecule has 34 heavy (non-hydrogen) atoms. The van der Waals surface area contributed by atoms with Crippen LogP contribution >= 0.6 is 0 Å². The maximum absolute atomic E-state index is 10.5. The molecule has 0 amide bonds. The highest BCUT2D eigenvalue weighted by molar-refractivity contribution is 5.66. The lowest BCUT2D eigenvalue weighted by Crippen LogP contribution is -2.31. The van der Waals surface area contributed by atoms with Crippen molar-refractivity contribution in [1.29, 1.82) is 0 Å². The zero-order chi connectivity index (χ0) is 25.3. The van der Waals surface area contributed by atoms with Crippen molar-refractivity contribution in [3.63, 3.8) is 0 Å². The highest BCUT2D eigenvalue weighted by Gasteiger charge is 2.18. The molecule has 0 spiro atoms. The molecular weight excluding hydrogens is 424 g/mol. The van der Waals surface area contributed by atoms with Gasteiger partial charge >= 0.3 is 5.97 Å². The van der Waals surface area contributed by atoms with Crippen LogP contribution < -0.4 is 0 Å². The standard InChI is InChI=1S/C30H60O4/c1-5-7-9-10-16-19-26-34-30(3,4)27-33-25-20-23-28(21-8-6-2)22-17-14-12-11-13-15-18-24-29(31)32/h28H,5-27H2,1-4H3,(H,31,32). The molecule has 4 nitrogen and oxygen atoms in total. The Hall–Kier alpha value is -0.610. The minimum atomic E-state index is -0.663. The van der Waals surface area contributed by atoms with Crippen LogP contribution in [-0.4, -0.2) is 36.5 Å². The Labute approximate surface area is 213 Å². The van der Waals surface area contributed by atoms with E-state index in [0.717, 1.165) is 44.8 Å². The average Bonchev–Trinajstić information content (AvgIpc) is 2.79. The molecule has 0 saturated heterocycles. The van der Waals surface area contributed by atoms with Gasteiger partial charge in [0.25, 0.3) is 0 Å². The van der Waals surface area contributed by atoms with Crippen molar-refractivity contribution >= 4 is 5.97 Å². The molecule has 0 bridgehead atoms. The summed E-state index contributed by atoms with van der Waals surface area (Å²) in [6.07, 6.45) is 24.2. The normalized spacial score (nSPS) is 12.8. The number of aliphatic carboxylic acids is 1. The fourth-order valence-corrected chi connectivity index (χ4v) is 4.58. The molecule has 0 aromatic rings. The zero-order valence-corrected chi connectivity index (χ0v) is 23.5. The Morgan fingerprint density at radius 2 is 1.21 bits per heavy atom. The van der Waals surface area contributed by atoms with Crippen LogP contribution in [0.4, 0.5) is 0 Å². The molecule has 0 rings (SSSR count). The van der Waals surface area contributed by atoms with Gasteiger partial charge < -0.3 is 14.6 Å². The quantitative estimate of drug-likeness (QED) is 0.118. The third-order valence-electron chi connectivity index (χ3n) is 6.81. The lowest BCUT2D eigenvalue weighted by atomic mass is 9.91. The average molecular weight is 485 g/mol. The second kappa shape index (κ2) is 24.1. The Bertz CT molecular complexity index is 436. The minimum absolute atomic E-state index is 0.182. The van der Waals surface area contributed by atoms with Gasteiger partial charge in [0.15, 0.2) is 0 Å². The number of hydrogen-bond donors (Lipinski definition) is 1. The van der Waals surface area contributed by atoms with Crippen LogP contribution in [0.5, 0.6) is 0 Å². The number of hydrogen-bond acceptors (Lipinski definition) is 3. The number of carboxylic acids is 1. The second-order valence-electron chi connectivity index (χ2n) is 11.0. The van der Waals surface area contributed by atoms with Gasteiger partial charge in [-0.15, -0.1) is 0 Å². The number of carbonyl (C=O) groups is 1. The van der Waals surface area contributed by atoms with Gasteiger partial charge in [-0.3, -0.25) is 4.79 Å². The van der Waals surface area contributed by atoms with E-state index < -0.39 is 5.97 Å². The topological polar surface area (TPSA) is 55.8 Å². The summed E-state index contributed by atoms with van der Waals surface area (Å²) < 4.78 is 12.1. The van der Waals surface area contributed by atoms with E-state index in [1.165, 1.54) is 96.3 Å². The van der Waals surface area contributed by atoms with E-state index in [1.807, 2.05) is 0 Å². The van der Waals surface area contributed by atoms with Gasteiger partial charge in [-0.05, 0) is 45.4 Å². The molecule has 0 radical (unpaired) electrons. The van der Waals surface area contributed by atoms with Crippen molar-refractivity contribution in [3.05, 3.63) is 0 Å². The molecule has 0 fully saturated rings. The first-order chi connectivity index (χ1) is 16.4. The van der Waals surface area contributed by atoms with E-state index in [2.05, 4.69) is 27.7 Å². The van der Waals surface area contributed by atoms with Crippen LogP contribution in [0.15, 0.2) is 0 Å². The van der Waals surface area contributed by atoms with E-state index in [0.29, 0.717) is 13.0 Å².